The van der Waals surface area contributed by atoms with Gasteiger partial charge in [0.15, 0.2) is 0 Å². The molecule has 1 fully saturated rings. The maximum atomic E-state index is 11.8. The third kappa shape index (κ3) is 3.27. The molecule has 1 aliphatic rings. The van der Waals surface area contributed by atoms with Gasteiger partial charge in [-0.1, -0.05) is 23.2 Å². The monoisotopic (exact) mass is 272 g/mol. The third-order valence-electron chi connectivity index (χ3n) is 2.82. The van der Waals surface area contributed by atoms with Gasteiger partial charge < -0.3 is 10.2 Å². The van der Waals surface area contributed by atoms with Crippen LogP contribution in [0, 0.1) is 0 Å². The Labute approximate surface area is 111 Å². The molecule has 3 nitrogen and oxygen atoms in total. The molecule has 0 bridgehead atoms. The van der Waals surface area contributed by atoms with Crippen molar-refractivity contribution >= 4 is 34.8 Å². The zero-order valence-electron chi connectivity index (χ0n) is 9.38. The molecule has 1 heterocycles. The molecule has 1 aromatic carbocycles. The SMILES string of the molecule is O=C(CNc1ccc(Cl)c(Cl)c1)N1CCCC1. The maximum Gasteiger partial charge on any atom is 0.241 e. The van der Waals surface area contributed by atoms with Crippen molar-refractivity contribution in [1.29, 1.82) is 0 Å². The lowest BCUT2D eigenvalue weighted by Crippen LogP contribution is -2.32. The number of benzene rings is 1. The second kappa shape index (κ2) is 5.61. The Bertz CT molecular complexity index is 417. The predicted octanol–water partition coefficient (Wildman–Crippen LogP) is 3.03. The van der Waals surface area contributed by atoms with E-state index in [0.717, 1.165) is 31.6 Å². The van der Waals surface area contributed by atoms with E-state index in [4.69, 9.17) is 23.2 Å². The van der Waals surface area contributed by atoms with Crippen LogP contribution in [-0.4, -0.2) is 30.4 Å². The van der Waals surface area contributed by atoms with Crippen LogP contribution in [0.2, 0.25) is 10.0 Å². The van der Waals surface area contributed by atoms with Gasteiger partial charge in [-0.3, -0.25) is 4.79 Å². The van der Waals surface area contributed by atoms with Crippen molar-refractivity contribution in [2.75, 3.05) is 25.0 Å². The van der Waals surface area contributed by atoms with E-state index in [2.05, 4.69) is 5.32 Å². The number of amides is 1. The Balaban J connectivity index is 1.88. The van der Waals surface area contributed by atoms with Crippen LogP contribution in [-0.2, 0) is 4.79 Å². The number of anilines is 1. The molecule has 1 amide bonds. The van der Waals surface area contributed by atoms with Crippen LogP contribution in [0.1, 0.15) is 12.8 Å². The molecule has 0 aliphatic carbocycles. The summed E-state index contributed by atoms with van der Waals surface area (Å²) in [6.07, 6.45) is 2.22. The summed E-state index contributed by atoms with van der Waals surface area (Å²) in [7, 11) is 0. The molecule has 1 aromatic rings. The fourth-order valence-electron chi connectivity index (χ4n) is 1.86. The molecule has 0 radical (unpaired) electrons. The standard InChI is InChI=1S/C12H14Cl2N2O/c13-10-4-3-9(7-11(10)14)15-8-12(17)16-5-1-2-6-16/h3-4,7,15H,1-2,5-6,8H2. The molecule has 5 heteroatoms. The molecule has 0 unspecified atom stereocenters. The van der Waals surface area contributed by atoms with Crippen molar-refractivity contribution in [3.8, 4) is 0 Å². The van der Waals surface area contributed by atoms with Crippen LogP contribution >= 0.6 is 23.2 Å². The fraction of sp³-hybridized carbons (Fsp3) is 0.417. The van der Waals surface area contributed by atoms with Crippen molar-refractivity contribution in [2.24, 2.45) is 0 Å². The molecule has 0 aromatic heterocycles. The van der Waals surface area contributed by atoms with E-state index >= 15 is 0 Å². The number of carbonyl (C=O) groups is 1. The minimum absolute atomic E-state index is 0.133. The van der Waals surface area contributed by atoms with Gasteiger partial charge in [-0.15, -0.1) is 0 Å². The molecule has 0 spiro atoms. The minimum atomic E-state index is 0.133. The van der Waals surface area contributed by atoms with E-state index in [-0.39, 0.29) is 5.91 Å². The van der Waals surface area contributed by atoms with Gasteiger partial charge >= 0.3 is 0 Å². The van der Waals surface area contributed by atoms with Crippen molar-refractivity contribution in [3.05, 3.63) is 28.2 Å². The maximum absolute atomic E-state index is 11.8. The van der Waals surface area contributed by atoms with E-state index in [1.54, 1.807) is 12.1 Å². The Morgan fingerprint density at radius 1 is 1.24 bits per heavy atom. The molecule has 2 rings (SSSR count). The van der Waals surface area contributed by atoms with Gasteiger partial charge in [-0.05, 0) is 31.0 Å². The lowest BCUT2D eigenvalue weighted by atomic mass is 10.3. The summed E-state index contributed by atoms with van der Waals surface area (Å²) in [5.41, 5.74) is 0.812. The van der Waals surface area contributed by atoms with Crippen LogP contribution < -0.4 is 5.32 Å². The Kier molecular flexibility index (Phi) is 4.13. The van der Waals surface area contributed by atoms with Crippen molar-refractivity contribution in [2.45, 2.75) is 12.8 Å². The smallest absolute Gasteiger partial charge is 0.241 e. The molecule has 1 N–H and O–H groups in total. The summed E-state index contributed by atoms with van der Waals surface area (Å²) in [5.74, 6) is 0.133. The molecular formula is C12H14Cl2N2O. The Hall–Kier alpha value is -0.930. The number of halogens is 2. The van der Waals surface area contributed by atoms with Crippen LogP contribution in [0.15, 0.2) is 18.2 Å². The van der Waals surface area contributed by atoms with Gasteiger partial charge in [0, 0.05) is 18.8 Å². The van der Waals surface area contributed by atoms with Gasteiger partial charge in [-0.25, -0.2) is 0 Å². The Morgan fingerprint density at radius 2 is 1.94 bits per heavy atom. The van der Waals surface area contributed by atoms with Crippen LogP contribution in [0.25, 0.3) is 0 Å². The van der Waals surface area contributed by atoms with Gasteiger partial charge in [0.25, 0.3) is 0 Å². The lowest BCUT2D eigenvalue weighted by molar-refractivity contribution is -0.128. The van der Waals surface area contributed by atoms with E-state index in [1.165, 1.54) is 0 Å². The highest BCUT2D eigenvalue weighted by Gasteiger charge is 2.17. The highest BCUT2D eigenvalue weighted by molar-refractivity contribution is 6.42. The summed E-state index contributed by atoms with van der Waals surface area (Å²) in [6.45, 7) is 2.06. The van der Waals surface area contributed by atoms with Gasteiger partial charge in [0.05, 0.1) is 16.6 Å². The zero-order chi connectivity index (χ0) is 12.3. The fourth-order valence-corrected chi connectivity index (χ4v) is 2.16. The second-order valence-electron chi connectivity index (χ2n) is 4.07. The highest BCUT2D eigenvalue weighted by Crippen LogP contribution is 2.24. The topological polar surface area (TPSA) is 32.3 Å². The van der Waals surface area contributed by atoms with E-state index in [0.29, 0.717) is 16.6 Å². The van der Waals surface area contributed by atoms with Gasteiger partial charge in [0.1, 0.15) is 0 Å². The van der Waals surface area contributed by atoms with Crippen LogP contribution in [0.3, 0.4) is 0 Å². The van der Waals surface area contributed by atoms with E-state index in [9.17, 15) is 4.79 Å². The number of nitrogens with zero attached hydrogens (tertiary/aromatic N) is 1. The molecule has 17 heavy (non-hydrogen) atoms. The molecule has 0 atom stereocenters. The third-order valence-corrected chi connectivity index (χ3v) is 3.56. The number of likely N-dealkylation sites (tertiary alicyclic amines) is 1. The minimum Gasteiger partial charge on any atom is -0.376 e. The number of hydrogen-bond donors (Lipinski definition) is 1. The summed E-state index contributed by atoms with van der Waals surface area (Å²) >= 11 is 11.7. The quantitative estimate of drug-likeness (QED) is 0.918. The number of rotatable bonds is 3. The molecule has 92 valence electrons. The molecule has 0 saturated carbocycles. The summed E-state index contributed by atoms with van der Waals surface area (Å²) in [5, 5.41) is 4.06. The predicted molar refractivity (Wildman–Crippen MR) is 70.8 cm³/mol. The van der Waals surface area contributed by atoms with E-state index < -0.39 is 0 Å². The first kappa shape index (κ1) is 12.5. The van der Waals surface area contributed by atoms with Gasteiger partial charge in [-0.2, -0.15) is 0 Å². The Morgan fingerprint density at radius 3 is 2.59 bits per heavy atom. The first-order valence-electron chi connectivity index (χ1n) is 5.63. The normalized spacial score (nSPS) is 15.1. The van der Waals surface area contributed by atoms with Crippen molar-refractivity contribution in [3.63, 3.8) is 0 Å². The zero-order valence-corrected chi connectivity index (χ0v) is 10.9. The van der Waals surface area contributed by atoms with Crippen molar-refractivity contribution < 1.29 is 4.79 Å². The number of carbonyl (C=O) groups excluding carboxylic acids is 1. The van der Waals surface area contributed by atoms with Gasteiger partial charge in [0.2, 0.25) is 5.91 Å². The summed E-state index contributed by atoms with van der Waals surface area (Å²) in [6, 6.07) is 5.25. The average molecular weight is 273 g/mol. The van der Waals surface area contributed by atoms with Crippen LogP contribution in [0.5, 0.6) is 0 Å². The largest absolute Gasteiger partial charge is 0.376 e. The summed E-state index contributed by atoms with van der Waals surface area (Å²) in [4.78, 5) is 13.7. The molecule has 1 saturated heterocycles. The second-order valence-corrected chi connectivity index (χ2v) is 4.88. The molecular weight excluding hydrogens is 259 g/mol. The summed E-state index contributed by atoms with van der Waals surface area (Å²) < 4.78 is 0. The first-order valence-corrected chi connectivity index (χ1v) is 6.39. The molecule has 1 aliphatic heterocycles. The van der Waals surface area contributed by atoms with Crippen LogP contribution in [0.4, 0.5) is 5.69 Å². The van der Waals surface area contributed by atoms with E-state index in [1.807, 2.05) is 11.0 Å². The highest BCUT2D eigenvalue weighted by atomic mass is 35.5. The van der Waals surface area contributed by atoms with Crippen molar-refractivity contribution in [1.82, 2.24) is 4.90 Å². The first-order chi connectivity index (χ1) is 8.16. The average Bonchev–Trinajstić information content (AvgIpc) is 2.84. The lowest BCUT2D eigenvalue weighted by Gasteiger charge is -2.16. The number of nitrogens with one attached hydrogen (secondary N) is 1. The number of hydrogen-bond acceptors (Lipinski definition) is 2.